The van der Waals surface area contributed by atoms with Crippen molar-refractivity contribution >= 4 is 5.82 Å². The normalized spacial score (nSPS) is 16.5. The van der Waals surface area contributed by atoms with Gasteiger partial charge in [-0.25, -0.2) is 0 Å². The van der Waals surface area contributed by atoms with Crippen LogP contribution in [-0.2, 0) is 0 Å². The van der Waals surface area contributed by atoms with Gasteiger partial charge in [0, 0.05) is 0 Å². The van der Waals surface area contributed by atoms with Crippen LogP contribution in [0.2, 0.25) is 0 Å². The zero-order valence-corrected chi connectivity index (χ0v) is 11.3. The number of aromatic nitrogens is 3. The Kier molecular flexibility index (Phi) is 3.43. The summed E-state index contributed by atoms with van der Waals surface area (Å²) >= 11 is 0. The molecule has 0 saturated heterocycles. The number of nitrogens with zero attached hydrogens (tertiary/aromatic N) is 5. The van der Waals surface area contributed by atoms with E-state index in [-0.39, 0.29) is 11.5 Å². The molecule has 0 aliphatic heterocycles. The third-order valence-corrected chi connectivity index (χ3v) is 3.55. The largest absolute Gasteiger partial charge is 0.438 e. The Bertz CT molecular complexity index is 713. The van der Waals surface area contributed by atoms with Gasteiger partial charge in [-0.2, -0.15) is 0 Å². The van der Waals surface area contributed by atoms with Crippen LogP contribution >= 0.6 is 0 Å². The van der Waals surface area contributed by atoms with Crippen molar-refractivity contribution in [2.24, 2.45) is 4.99 Å². The fourth-order valence-electron chi connectivity index (χ4n) is 2.52. The molecular formula is C13H15N5O3. The first-order valence-electron chi connectivity index (χ1n) is 6.82. The molecule has 1 saturated carbocycles. The van der Waals surface area contributed by atoms with Crippen molar-refractivity contribution in [1.29, 1.82) is 0 Å². The van der Waals surface area contributed by atoms with Gasteiger partial charge in [-0.15, -0.1) is 0 Å². The van der Waals surface area contributed by atoms with Crippen molar-refractivity contribution in [3.63, 3.8) is 0 Å². The van der Waals surface area contributed by atoms with Gasteiger partial charge in [-0.05, 0) is 34.7 Å². The summed E-state index contributed by atoms with van der Waals surface area (Å²) in [5, 5.41) is 25.2. The molecule has 21 heavy (non-hydrogen) atoms. The highest BCUT2D eigenvalue weighted by Gasteiger charge is 2.25. The highest BCUT2D eigenvalue weighted by atomic mass is 16.6. The molecule has 1 N–H and O–H groups in total. The number of nitro groups is 1. The molecule has 0 amide bonds. The number of rotatable bonds is 3. The monoisotopic (exact) mass is 289 g/mol. The van der Waals surface area contributed by atoms with Crippen LogP contribution in [0.3, 0.4) is 0 Å². The first-order valence-corrected chi connectivity index (χ1v) is 6.82. The van der Waals surface area contributed by atoms with Gasteiger partial charge in [0.05, 0.1) is 11.1 Å². The second-order valence-corrected chi connectivity index (χ2v) is 4.99. The van der Waals surface area contributed by atoms with Gasteiger partial charge in [0.25, 0.3) is 5.49 Å². The third-order valence-electron chi connectivity index (χ3n) is 3.55. The summed E-state index contributed by atoms with van der Waals surface area (Å²) < 4.78 is 0. The molecule has 1 aliphatic rings. The summed E-state index contributed by atoms with van der Waals surface area (Å²) in [4.78, 5) is 16.5. The van der Waals surface area contributed by atoms with Gasteiger partial charge in [-0.3, -0.25) is 4.99 Å². The minimum Gasteiger partial charge on any atom is -0.409 e. The van der Waals surface area contributed by atoms with Gasteiger partial charge >= 0.3 is 5.82 Å². The molecule has 2 aromatic rings. The van der Waals surface area contributed by atoms with Crippen molar-refractivity contribution in [3.8, 4) is 5.69 Å². The molecule has 0 unspecified atom stereocenters. The fourth-order valence-corrected chi connectivity index (χ4v) is 2.52. The van der Waals surface area contributed by atoms with E-state index >= 15 is 0 Å². The van der Waals surface area contributed by atoms with Crippen LogP contribution in [0.25, 0.3) is 5.69 Å². The van der Waals surface area contributed by atoms with Gasteiger partial charge in [0.15, 0.2) is 0 Å². The standard InChI is InChI=1S/C13H15N5O3/c19-17-12(14-10-6-4-5-7-10)13(18(20)21)15-16(17)11-8-2-1-3-9-11/h1-3,8-10,19H,4-7H2. The lowest BCUT2D eigenvalue weighted by atomic mass is 10.3. The average molecular weight is 289 g/mol. The van der Waals surface area contributed by atoms with E-state index in [4.69, 9.17) is 0 Å². The van der Waals surface area contributed by atoms with E-state index < -0.39 is 10.7 Å². The summed E-state index contributed by atoms with van der Waals surface area (Å²) in [6, 6.07) is 8.74. The van der Waals surface area contributed by atoms with Crippen molar-refractivity contribution in [2.75, 3.05) is 0 Å². The van der Waals surface area contributed by atoms with Crippen molar-refractivity contribution in [1.82, 2.24) is 14.7 Å². The topological polar surface area (TPSA) is 98.5 Å². The van der Waals surface area contributed by atoms with Gasteiger partial charge in [-0.1, -0.05) is 35.9 Å². The van der Waals surface area contributed by atoms with Crippen LogP contribution in [0, 0.1) is 10.1 Å². The zero-order chi connectivity index (χ0) is 14.8. The fraction of sp³-hybridized carbons (Fsp3) is 0.385. The summed E-state index contributed by atoms with van der Waals surface area (Å²) in [7, 11) is 0. The predicted molar refractivity (Wildman–Crippen MR) is 73.2 cm³/mol. The molecule has 110 valence electrons. The molecule has 1 heterocycles. The Labute approximate surface area is 120 Å². The first kappa shape index (κ1) is 13.3. The molecule has 0 radical (unpaired) electrons. The molecule has 0 atom stereocenters. The summed E-state index contributed by atoms with van der Waals surface area (Å²) in [6.45, 7) is 0. The molecule has 8 nitrogen and oxygen atoms in total. The van der Waals surface area contributed by atoms with Gasteiger partial charge in [0.1, 0.15) is 5.69 Å². The highest BCUT2D eigenvalue weighted by Crippen LogP contribution is 2.20. The Morgan fingerprint density at radius 3 is 2.57 bits per heavy atom. The van der Waals surface area contributed by atoms with Crippen molar-refractivity contribution < 1.29 is 10.1 Å². The smallest absolute Gasteiger partial charge is 0.409 e. The predicted octanol–water partition coefficient (Wildman–Crippen LogP) is 1.66. The Hall–Kier alpha value is -2.64. The third kappa shape index (κ3) is 2.51. The van der Waals surface area contributed by atoms with E-state index in [0.29, 0.717) is 10.5 Å². The Morgan fingerprint density at radius 1 is 1.29 bits per heavy atom. The summed E-state index contributed by atoms with van der Waals surface area (Å²) in [5.74, 6) is -0.437. The zero-order valence-electron chi connectivity index (χ0n) is 11.3. The summed E-state index contributed by atoms with van der Waals surface area (Å²) in [6.07, 6.45) is 3.88. The quantitative estimate of drug-likeness (QED) is 0.527. The van der Waals surface area contributed by atoms with Gasteiger partial charge in [0.2, 0.25) is 0 Å². The number of para-hydroxylation sites is 1. The second-order valence-electron chi connectivity index (χ2n) is 4.99. The number of hydrogen-bond acceptors (Lipinski definition) is 5. The lowest BCUT2D eigenvalue weighted by Gasteiger charge is -2.01. The molecule has 0 spiro atoms. The first-order chi connectivity index (χ1) is 10.2. The molecule has 0 bridgehead atoms. The SMILES string of the molecule is O=[N+]([O-])c1nn(-c2ccccc2)n(O)c1=NC1CCCC1. The summed E-state index contributed by atoms with van der Waals surface area (Å²) in [5.41, 5.74) is 0.423. The van der Waals surface area contributed by atoms with Crippen LogP contribution in [-0.4, -0.2) is 30.9 Å². The average Bonchev–Trinajstić information content (AvgIpc) is 3.10. The van der Waals surface area contributed by atoms with Crippen LogP contribution in [0.4, 0.5) is 5.82 Å². The van der Waals surface area contributed by atoms with Crippen LogP contribution in [0.15, 0.2) is 35.3 Å². The molecule has 1 fully saturated rings. The maximum absolute atomic E-state index is 11.1. The Balaban J connectivity index is 2.14. The molecule has 1 aromatic heterocycles. The molecule has 1 aromatic carbocycles. The van der Waals surface area contributed by atoms with Crippen LogP contribution in [0.1, 0.15) is 25.7 Å². The molecule has 3 rings (SSSR count). The van der Waals surface area contributed by atoms with E-state index in [1.54, 1.807) is 24.3 Å². The van der Waals surface area contributed by atoms with Crippen LogP contribution in [0.5, 0.6) is 0 Å². The van der Waals surface area contributed by atoms with E-state index in [1.165, 1.54) is 0 Å². The minimum absolute atomic E-state index is 0.00974. The minimum atomic E-state index is -0.625. The van der Waals surface area contributed by atoms with E-state index in [9.17, 15) is 15.3 Å². The number of hydrogen-bond donors (Lipinski definition) is 1. The maximum atomic E-state index is 11.1. The van der Waals surface area contributed by atoms with E-state index in [1.807, 2.05) is 6.07 Å². The lowest BCUT2D eigenvalue weighted by molar-refractivity contribution is -0.391. The van der Waals surface area contributed by atoms with Crippen LogP contribution < -0.4 is 5.49 Å². The lowest BCUT2D eigenvalue weighted by Crippen LogP contribution is -2.24. The van der Waals surface area contributed by atoms with E-state index in [0.717, 1.165) is 30.5 Å². The second kappa shape index (κ2) is 5.39. The van der Waals surface area contributed by atoms with E-state index in [2.05, 4.69) is 10.1 Å². The van der Waals surface area contributed by atoms with Crippen molar-refractivity contribution in [2.45, 2.75) is 31.7 Å². The molecule has 1 aliphatic carbocycles. The molecule has 8 heteroatoms. The van der Waals surface area contributed by atoms with Crippen molar-refractivity contribution in [3.05, 3.63) is 45.9 Å². The Morgan fingerprint density at radius 2 is 1.95 bits per heavy atom. The van der Waals surface area contributed by atoms with Gasteiger partial charge < -0.3 is 15.3 Å². The maximum Gasteiger partial charge on any atom is 0.438 e. The highest BCUT2D eigenvalue weighted by molar-refractivity contribution is 5.29. The molecular weight excluding hydrogens is 274 g/mol. The number of benzene rings is 1.